The van der Waals surface area contributed by atoms with E-state index in [0.29, 0.717) is 5.92 Å². The van der Waals surface area contributed by atoms with Gasteiger partial charge in [-0.1, -0.05) is 54.1 Å². The summed E-state index contributed by atoms with van der Waals surface area (Å²) >= 11 is 0. The average Bonchev–Trinajstić information content (AvgIpc) is 3.25. The lowest BCUT2D eigenvalue weighted by Crippen LogP contribution is -2.34. The third kappa shape index (κ3) is 6.38. The molecule has 0 radical (unpaired) electrons. The summed E-state index contributed by atoms with van der Waals surface area (Å²) in [5, 5.41) is 6.53. The van der Waals surface area contributed by atoms with Gasteiger partial charge in [-0.25, -0.2) is 4.98 Å². The molecule has 1 saturated heterocycles. The minimum Gasteiger partial charge on any atom is -0.356 e. The van der Waals surface area contributed by atoms with Crippen LogP contribution in [0.1, 0.15) is 48.8 Å². The molecule has 6 nitrogen and oxygen atoms in total. The maximum absolute atomic E-state index is 11.4. The first-order valence-electron chi connectivity index (χ1n) is 13.4. The van der Waals surface area contributed by atoms with Gasteiger partial charge in [0.2, 0.25) is 11.9 Å². The van der Waals surface area contributed by atoms with Crippen molar-refractivity contribution >= 4 is 28.6 Å². The van der Waals surface area contributed by atoms with E-state index in [0.717, 1.165) is 74.7 Å². The molecule has 2 heterocycles. The van der Waals surface area contributed by atoms with E-state index in [1.54, 1.807) is 6.92 Å². The van der Waals surface area contributed by atoms with Crippen molar-refractivity contribution < 1.29 is 4.79 Å². The third-order valence-electron chi connectivity index (χ3n) is 7.32. The molecule has 2 N–H and O–H groups in total. The number of nitrogens with zero attached hydrogens (tertiary/aromatic N) is 3. The molecule has 1 aromatic heterocycles. The topological polar surface area (TPSA) is 62.2 Å². The Morgan fingerprint density at radius 2 is 1.78 bits per heavy atom. The zero-order valence-electron chi connectivity index (χ0n) is 21.9. The number of anilines is 2. The fourth-order valence-corrected chi connectivity index (χ4v) is 5.31. The first-order chi connectivity index (χ1) is 18.0. The number of aromatic nitrogens is 2. The lowest BCUT2D eigenvalue weighted by atomic mass is 9.89. The van der Waals surface area contributed by atoms with Crippen LogP contribution in [0.5, 0.6) is 0 Å². The van der Waals surface area contributed by atoms with Crippen LogP contribution in [0.3, 0.4) is 0 Å². The Kier molecular flexibility index (Phi) is 7.85. The van der Waals surface area contributed by atoms with Crippen LogP contribution in [0.25, 0.3) is 11.0 Å². The average molecular weight is 496 g/mol. The SMILES string of the molecule is CC(=O)Nc1cccc(C2CCN(CCCNc3nc4ccccc4n3Cc3ccc(C)cc3)CC2)c1. The normalized spacial score (nSPS) is 14.6. The number of para-hydroxylation sites is 2. The zero-order chi connectivity index (χ0) is 25.6. The molecule has 37 heavy (non-hydrogen) atoms. The molecule has 1 amide bonds. The number of carbonyl (C=O) groups is 1. The molecule has 5 rings (SSSR count). The fraction of sp³-hybridized carbons (Fsp3) is 0.355. The Balaban J connectivity index is 1.13. The van der Waals surface area contributed by atoms with Crippen LogP contribution in [0, 0.1) is 6.92 Å². The van der Waals surface area contributed by atoms with Crippen LogP contribution in [0.15, 0.2) is 72.8 Å². The highest BCUT2D eigenvalue weighted by atomic mass is 16.1. The lowest BCUT2D eigenvalue weighted by Gasteiger charge is -2.32. The third-order valence-corrected chi connectivity index (χ3v) is 7.32. The number of nitrogens with one attached hydrogen (secondary N) is 2. The summed E-state index contributed by atoms with van der Waals surface area (Å²) in [6.45, 7) is 8.69. The second-order valence-corrected chi connectivity index (χ2v) is 10.2. The molecule has 0 atom stereocenters. The molecule has 4 aromatic rings. The van der Waals surface area contributed by atoms with Crippen molar-refractivity contribution in [3.05, 3.63) is 89.5 Å². The molecule has 0 aliphatic carbocycles. The van der Waals surface area contributed by atoms with Gasteiger partial charge in [0.1, 0.15) is 0 Å². The minimum absolute atomic E-state index is 0.0219. The van der Waals surface area contributed by atoms with Crippen LogP contribution in [0.4, 0.5) is 11.6 Å². The number of rotatable bonds is 9. The molecule has 3 aromatic carbocycles. The van der Waals surface area contributed by atoms with E-state index in [-0.39, 0.29) is 5.91 Å². The summed E-state index contributed by atoms with van der Waals surface area (Å²) in [5.41, 5.74) is 6.98. The van der Waals surface area contributed by atoms with Crippen LogP contribution >= 0.6 is 0 Å². The Morgan fingerprint density at radius 3 is 2.57 bits per heavy atom. The van der Waals surface area contributed by atoms with Crippen LogP contribution in [-0.2, 0) is 11.3 Å². The van der Waals surface area contributed by atoms with Crippen molar-refractivity contribution in [2.45, 2.75) is 45.6 Å². The van der Waals surface area contributed by atoms with Crippen LogP contribution < -0.4 is 10.6 Å². The molecule has 0 spiro atoms. The molecule has 0 bridgehead atoms. The number of hydrogen-bond acceptors (Lipinski definition) is 4. The van der Waals surface area contributed by atoms with Gasteiger partial charge in [-0.2, -0.15) is 0 Å². The summed E-state index contributed by atoms with van der Waals surface area (Å²) < 4.78 is 2.29. The Morgan fingerprint density at radius 1 is 1.00 bits per heavy atom. The van der Waals surface area contributed by atoms with E-state index in [9.17, 15) is 4.79 Å². The van der Waals surface area contributed by atoms with Gasteiger partial charge >= 0.3 is 0 Å². The molecule has 0 saturated carbocycles. The number of aryl methyl sites for hydroxylation is 1. The monoisotopic (exact) mass is 495 g/mol. The minimum atomic E-state index is -0.0219. The molecule has 1 aliphatic rings. The first kappa shape index (κ1) is 25.0. The number of imidazole rings is 1. The van der Waals surface area contributed by atoms with Crippen LogP contribution in [-0.4, -0.2) is 46.5 Å². The van der Waals surface area contributed by atoms with E-state index in [2.05, 4.69) is 87.7 Å². The summed E-state index contributed by atoms with van der Waals surface area (Å²) in [6.07, 6.45) is 3.39. The van der Waals surface area contributed by atoms with E-state index in [1.807, 2.05) is 12.1 Å². The predicted octanol–water partition coefficient (Wildman–Crippen LogP) is 6.03. The first-order valence-corrected chi connectivity index (χ1v) is 13.4. The Bertz CT molecular complexity index is 1340. The second kappa shape index (κ2) is 11.6. The summed E-state index contributed by atoms with van der Waals surface area (Å²) in [5.74, 6) is 1.48. The van der Waals surface area contributed by atoms with Crippen molar-refractivity contribution in [1.29, 1.82) is 0 Å². The van der Waals surface area contributed by atoms with Gasteiger partial charge in [0.15, 0.2) is 0 Å². The van der Waals surface area contributed by atoms with Crippen molar-refractivity contribution in [1.82, 2.24) is 14.5 Å². The van der Waals surface area contributed by atoms with Crippen molar-refractivity contribution in [2.24, 2.45) is 0 Å². The largest absolute Gasteiger partial charge is 0.356 e. The second-order valence-electron chi connectivity index (χ2n) is 10.2. The maximum atomic E-state index is 11.4. The van der Waals surface area contributed by atoms with E-state index < -0.39 is 0 Å². The predicted molar refractivity (Wildman–Crippen MR) is 152 cm³/mol. The van der Waals surface area contributed by atoms with Gasteiger partial charge in [0.05, 0.1) is 17.6 Å². The Hall–Kier alpha value is -3.64. The highest BCUT2D eigenvalue weighted by Gasteiger charge is 2.20. The van der Waals surface area contributed by atoms with Gasteiger partial charge < -0.3 is 20.1 Å². The number of carbonyl (C=O) groups excluding carboxylic acids is 1. The number of benzene rings is 3. The molecule has 1 aliphatic heterocycles. The molecule has 0 unspecified atom stereocenters. The number of amides is 1. The van der Waals surface area contributed by atoms with Crippen molar-refractivity contribution in [3.63, 3.8) is 0 Å². The number of piperidine rings is 1. The summed E-state index contributed by atoms with van der Waals surface area (Å²) in [4.78, 5) is 18.9. The summed E-state index contributed by atoms with van der Waals surface area (Å²) in [7, 11) is 0. The molecule has 192 valence electrons. The van der Waals surface area contributed by atoms with Gasteiger partial charge in [-0.15, -0.1) is 0 Å². The van der Waals surface area contributed by atoms with Crippen molar-refractivity contribution in [2.75, 3.05) is 36.8 Å². The highest BCUT2D eigenvalue weighted by molar-refractivity contribution is 5.88. The fourth-order valence-electron chi connectivity index (χ4n) is 5.31. The van der Waals surface area contributed by atoms with E-state index >= 15 is 0 Å². The maximum Gasteiger partial charge on any atom is 0.221 e. The van der Waals surface area contributed by atoms with Crippen molar-refractivity contribution in [3.8, 4) is 0 Å². The van der Waals surface area contributed by atoms with Crippen LogP contribution in [0.2, 0.25) is 0 Å². The molecular weight excluding hydrogens is 458 g/mol. The number of fused-ring (bicyclic) bond motifs is 1. The van der Waals surface area contributed by atoms with Gasteiger partial charge in [0.25, 0.3) is 0 Å². The number of likely N-dealkylation sites (tertiary alicyclic amines) is 1. The summed E-state index contributed by atoms with van der Waals surface area (Å²) in [6, 6.07) is 25.4. The molecule has 1 fully saturated rings. The Labute approximate surface area is 219 Å². The van der Waals surface area contributed by atoms with E-state index in [1.165, 1.54) is 16.7 Å². The van der Waals surface area contributed by atoms with Gasteiger partial charge in [-0.05, 0) is 87.1 Å². The van der Waals surface area contributed by atoms with Gasteiger partial charge in [0, 0.05) is 19.2 Å². The molecule has 6 heteroatoms. The quantitative estimate of drug-likeness (QED) is 0.278. The van der Waals surface area contributed by atoms with E-state index in [4.69, 9.17) is 4.98 Å². The standard InChI is InChI=1S/C31H37N5O/c1-23-11-13-25(14-12-23)22-36-30-10-4-3-9-29(30)34-31(36)32-17-6-18-35-19-15-26(16-20-35)27-7-5-8-28(21-27)33-24(2)37/h3-5,7-14,21,26H,6,15-20,22H2,1-2H3,(H,32,34)(H,33,37). The smallest absolute Gasteiger partial charge is 0.221 e. The molecular formula is C31H37N5O. The highest BCUT2D eigenvalue weighted by Crippen LogP contribution is 2.29. The van der Waals surface area contributed by atoms with Gasteiger partial charge in [-0.3, -0.25) is 4.79 Å². The lowest BCUT2D eigenvalue weighted by molar-refractivity contribution is -0.114. The zero-order valence-corrected chi connectivity index (χ0v) is 21.9. The number of hydrogen-bond donors (Lipinski definition) is 2.